The maximum atomic E-state index is 12.4. The number of carbonyl (C=O) groups is 1. The second-order valence-corrected chi connectivity index (χ2v) is 5.52. The Labute approximate surface area is 124 Å². The van der Waals surface area contributed by atoms with Gasteiger partial charge in [0, 0.05) is 18.1 Å². The number of hydrogen-bond donors (Lipinski definition) is 0. The van der Waals surface area contributed by atoms with Crippen molar-refractivity contribution in [2.24, 2.45) is 0 Å². The zero-order valence-corrected chi connectivity index (χ0v) is 12.6. The van der Waals surface area contributed by atoms with E-state index in [1.165, 1.54) is 0 Å². The standard InChI is InChI=1S/C15H20ClNO3/c1-11(2)20-15(18)14(17-7-9-19-10-8-17)12-3-5-13(16)6-4-12/h3-6,11,14H,7-10H2,1-2H3. The fourth-order valence-corrected chi connectivity index (χ4v) is 2.40. The zero-order valence-electron chi connectivity index (χ0n) is 11.8. The van der Waals surface area contributed by atoms with Crippen LogP contribution in [0.25, 0.3) is 0 Å². The maximum absolute atomic E-state index is 12.4. The number of benzene rings is 1. The predicted octanol–water partition coefficient (Wildman–Crippen LogP) is 2.66. The molecule has 4 nitrogen and oxygen atoms in total. The van der Waals surface area contributed by atoms with Crippen LogP contribution in [0.2, 0.25) is 5.02 Å². The third-order valence-corrected chi connectivity index (χ3v) is 3.42. The molecular formula is C15H20ClNO3. The minimum atomic E-state index is -0.390. The van der Waals surface area contributed by atoms with Crippen LogP contribution < -0.4 is 0 Å². The highest BCUT2D eigenvalue weighted by Crippen LogP contribution is 2.25. The van der Waals surface area contributed by atoms with Gasteiger partial charge in [0.1, 0.15) is 6.04 Å². The molecule has 1 aliphatic rings. The Balaban J connectivity index is 2.22. The van der Waals surface area contributed by atoms with Crippen LogP contribution in [0.4, 0.5) is 0 Å². The second-order valence-electron chi connectivity index (χ2n) is 5.09. The predicted molar refractivity (Wildman–Crippen MR) is 77.8 cm³/mol. The van der Waals surface area contributed by atoms with Gasteiger partial charge in [-0.05, 0) is 31.5 Å². The lowest BCUT2D eigenvalue weighted by molar-refractivity contribution is -0.156. The molecule has 0 bridgehead atoms. The Morgan fingerprint density at radius 2 is 1.85 bits per heavy atom. The van der Waals surface area contributed by atoms with E-state index in [0.717, 1.165) is 18.7 Å². The van der Waals surface area contributed by atoms with Crippen LogP contribution in [0.3, 0.4) is 0 Å². The van der Waals surface area contributed by atoms with Gasteiger partial charge in [0.25, 0.3) is 0 Å². The van der Waals surface area contributed by atoms with E-state index in [-0.39, 0.29) is 12.1 Å². The van der Waals surface area contributed by atoms with Crippen LogP contribution in [0.1, 0.15) is 25.5 Å². The molecule has 0 aliphatic carbocycles. The largest absolute Gasteiger partial charge is 0.462 e. The Morgan fingerprint density at radius 3 is 2.40 bits per heavy atom. The minimum Gasteiger partial charge on any atom is -0.462 e. The van der Waals surface area contributed by atoms with Crippen LogP contribution in [-0.2, 0) is 14.3 Å². The monoisotopic (exact) mass is 297 g/mol. The molecule has 2 rings (SSSR count). The number of hydrogen-bond acceptors (Lipinski definition) is 4. The molecule has 1 saturated heterocycles. The molecule has 5 heteroatoms. The van der Waals surface area contributed by atoms with E-state index in [1.54, 1.807) is 12.1 Å². The fourth-order valence-electron chi connectivity index (χ4n) is 2.27. The summed E-state index contributed by atoms with van der Waals surface area (Å²) in [6.07, 6.45) is -0.127. The van der Waals surface area contributed by atoms with Gasteiger partial charge in [0.05, 0.1) is 19.3 Å². The van der Waals surface area contributed by atoms with Crippen LogP contribution >= 0.6 is 11.6 Å². The topological polar surface area (TPSA) is 38.8 Å². The number of esters is 1. The summed E-state index contributed by atoms with van der Waals surface area (Å²) >= 11 is 5.92. The van der Waals surface area contributed by atoms with Gasteiger partial charge in [-0.3, -0.25) is 4.90 Å². The lowest BCUT2D eigenvalue weighted by Gasteiger charge is -2.33. The molecule has 0 radical (unpaired) electrons. The molecule has 20 heavy (non-hydrogen) atoms. The fraction of sp³-hybridized carbons (Fsp3) is 0.533. The van der Waals surface area contributed by atoms with Crippen LogP contribution in [-0.4, -0.2) is 43.3 Å². The molecule has 110 valence electrons. The van der Waals surface area contributed by atoms with E-state index in [4.69, 9.17) is 21.1 Å². The molecule has 1 fully saturated rings. The average Bonchev–Trinajstić information content (AvgIpc) is 2.42. The maximum Gasteiger partial charge on any atom is 0.328 e. The first kappa shape index (κ1) is 15.3. The molecule has 1 aromatic rings. The molecule has 0 spiro atoms. The van der Waals surface area contributed by atoms with E-state index >= 15 is 0 Å². The summed E-state index contributed by atoms with van der Waals surface area (Å²) in [5.41, 5.74) is 0.905. The van der Waals surface area contributed by atoms with Gasteiger partial charge < -0.3 is 9.47 Å². The van der Waals surface area contributed by atoms with Gasteiger partial charge in [-0.1, -0.05) is 23.7 Å². The first-order valence-corrected chi connectivity index (χ1v) is 7.23. The second kappa shape index (κ2) is 7.07. The Bertz CT molecular complexity index is 441. The van der Waals surface area contributed by atoms with Crippen molar-refractivity contribution in [3.63, 3.8) is 0 Å². The summed E-state index contributed by atoms with van der Waals surface area (Å²) in [7, 11) is 0. The van der Waals surface area contributed by atoms with Crippen molar-refractivity contribution < 1.29 is 14.3 Å². The van der Waals surface area contributed by atoms with Crippen LogP contribution in [0, 0.1) is 0 Å². The highest BCUT2D eigenvalue weighted by molar-refractivity contribution is 6.30. The van der Waals surface area contributed by atoms with Crippen molar-refractivity contribution in [1.82, 2.24) is 4.90 Å². The number of morpholine rings is 1. The first-order valence-electron chi connectivity index (χ1n) is 6.85. The summed E-state index contributed by atoms with van der Waals surface area (Å²) in [5, 5.41) is 0.659. The summed E-state index contributed by atoms with van der Waals surface area (Å²) in [4.78, 5) is 14.5. The van der Waals surface area contributed by atoms with E-state index in [1.807, 2.05) is 26.0 Å². The Hall–Kier alpha value is -1.10. The van der Waals surface area contributed by atoms with Gasteiger partial charge in [0.2, 0.25) is 0 Å². The summed E-state index contributed by atoms with van der Waals surface area (Å²) < 4.78 is 10.7. The summed E-state index contributed by atoms with van der Waals surface area (Å²) in [6, 6.07) is 6.97. The number of ether oxygens (including phenoxy) is 2. The number of halogens is 1. The Kier molecular flexibility index (Phi) is 5.40. The summed E-state index contributed by atoms with van der Waals surface area (Å²) in [5.74, 6) is -0.218. The first-order chi connectivity index (χ1) is 9.58. The van der Waals surface area contributed by atoms with E-state index < -0.39 is 6.04 Å². The quantitative estimate of drug-likeness (QED) is 0.801. The average molecular weight is 298 g/mol. The van der Waals surface area contributed by atoms with Crippen molar-refractivity contribution in [2.75, 3.05) is 26.3 Å². The van der Waals surface area contributed by atoms with E-state index in [2.05, 4.69) is 4.90 Å². The van der Waals surface area contributed by atoms with Gasteiger partial charge in [-0.15, -0.1) is 0 Å². The lowest BCUT2D eigenvalue weighted by atomic mass is 10.0. The van der Waals surface area contributed by atoms with Crippen molar-refractivity contribution in [1.29, 1.82) is 0 Å². The van der Waals surface area contributed by atoms with Gasteiger partial charge in [0.15, 0.2) is 0 Å². The van der Waals surface area contributed by atoms with Gasteiger partial charge >= 0.3 is 5.97 Å². The van der Waals surface area contributed by atoms with Crippen molar-refractivity contribution >= 4 is 17.6 Å². The molecule has 1 heterocycles. The zero-order chi connectivity index (χ0) is 14.5. The van der Waals surface area contributed by atoms with Crippen LogP contribution in [0.5, 0.6) is 0 Å². The van der Waals surface area contributed by atoms with Crippen molar-refractivity contribution in [2.45, 2.75) is 26.0 Å². The molecule has 0 saturated carbocycles. The molecule has 1 unspecified atom stereocenters. The Morgan fingerprint density at radius 1 is 1.25 bits per heavy atom. The molecule has 1 aromatic carbocycles. The van der Waals surface area contributed by atoms with E-state index in [9.17, 15) is 4.79 Å². The van der Waals surface area contributed by atoms with Crippen molar-refractivity contribution in [3.8, 4) is 0 Å². The third kappa shape index (κ3) is 3.95. The number of rotatable bonds is 4. The van der Waals surface area contributed by atoms with Gasteiger partial charge in [-0.2, -0.15) is 0 Å². The van der Waals surface area contributed by atoms with Crippen LogP contribution in [0.15, 0.2) is 24.3 Å². The lowest BCUT2D eigenvalue weighted by Crippen LogP contribution is -2.43. The smallest absolute Gasteiger partial charge is 0.328 e. The molecule has 1 atom stereocenters. The number of carbonyl (C=O) groups excluding carboxylic acids is 1. The highest BCUT2D eigenvalue weighted by atomic mass is 35.5. The minimum absolute atomic E-state index is 0.127. The molecule has 0 aromatic heterocycles. The molecular weight excluding hydrogens is 278 g/mol. The SMILES string of the molecule is CC(C)OC(=O)C(c1ccc(Cl)cc1)N1CCOCC1. The van der Waals surface area contributed by atoms with Gasteiger partial charge in [-0.25, -0.2) is 4.79 Å². The summed E-state index contributed by atoms with van der Waals surface area (Å²) in [6.45, 7) is 6.44. The highest BCUT2D eigenvalue weighted by Gasteiger charge is 2.30. The van der Waals surface area contributed by atoms with E-state index in [0.29, 0.717) is 18.2 Å². The normalized spacial score (nSPS) is 18.0. The number of nitrogens with zero attached hydrogens (tertiary/aromatic N) is 1. The molecule has 0 amide bonds. The third-order valence-electron chi connectivity index (χ3n) is 3.17. The molecule has 1 aliphatic heterocycles. The van der Waals surface area contributed by atoms with Crippen molar-refractivity contribution in [3.05, 3.63) is 34.9 Å². The molecule has 0 N–H and O–H groups in total.